The molecule has 3 rings (SSSR count). The monoisotopic (exact) mass is 282 g/mol. The van der Waals surface area contributed by atoms with E-state index in [-0.39, 0.29) is 5.25 Å². The number of likely N-dealkylation sites (tertiary alicyclic amines) is 1. The second-order valence-corrected chi connectivity index (χ2v) is 7.19. The Hall–Kier alpha value is -0.520. The molecule has 2 atom stereocenters. The Bertz CT molecular complexity index is 446. The van der Waals surface area contributed by atoms with Crippen LogP contribution in [-0.4, -0.2) is 36.2 Å². The van der Waals surface area contributed by atoms with Crippen molar-refractivity contribution in [1.82, 2.24) is 4.90 Å². The minimum absolute atomic E-state index is 0.0384. The van der Waals surface area contributed by atoms with Crippen molar-refractivity contribution >= 4 is 29.0 Å². The summed E-state index contributed by atoms with van der Waals surface area (Å²) in [5, 5.41) is 2.15. The van der Waals surface area contributed by atoms with Crippen LogP contribution < -0.4 is 5.73 Å². The van der Waals surface area contributed by atoms with Crippen molar-refractivity contribution in [2.24, 2.45) is 11.7 Å². The molecule has 2 unspecified atom stereocenters. The first-order valence-corrected chi connectivity index (χ1v) is 8.39. The quantitative estimate of drug-likeness (QED) is 0.901. The Morgan fingerprint density at radius 3 is 3.22 bits per heavy atom. The highest BCUT2D eigenvalue weighted by Gasteiger charge is 2.34. The van der Waals surface area contributed by atoms with Crippen LogP contribution in [-0.2, 0) is 11.2 Å². The van der Waals surface area contributed by atoms with Crippen molar-refractivity contribution in [2.75, 3.05) is 25.4 Å². The van der Waals surface area contributed by atoms with Crippen LogP contribution in [0.1, 0.15) is 22.1 Å². The topological polar surface area (TPSA) is 46.3 Å². The molecule has 0 bridgehead atoms. The number of thiophene rings is 1. The Labute approximate surface area is 116 Å². The van der Waals surface area contributed by atoms with Gasteiger partial charge in [0.05, 0.1) is 0 Å². The zero-order valence-electron chi connectivity index (χ0n) is 10.3. The number of hydrogen-bond donors (Lipinski definition) is 1. The molecule has 1 aromatic rings. The molecular formula is C13H18N2OS2. The van der Waals surface area contributed by atoms with Gasteiger partial charge in [-0.05, 0) is 48.1 Å². The summed E-state index contributed by atoms with van der Waals surface area (Å²) in [6, 6.07) is 2.13. The highest BCUT2D eigenvalue weighted by atomic mass is 32.2. The van der Waals surface area contributed by atoms with E-state index in [1.165, 1.54) is 10.4 Å². The Balaban J connectivity index is 1.75. The van der Waals surface area contributed by atoms with Gasteiger partial charge >= 0.3 is 0 Å². The maximum atomic E-state index is 12.6. The molecule has 5 heteroatoms. The SMILES string of the molecule is NCC1CCN(C(=O)C2SCCc3sccc32)C1. The van der Waals surface area contributed by atoms with E-state index in [1.807, 2.05) is 4.90 Å². The smallest absolute Gasteiger partial charge is 0.240 e. The molecule has 1 saturated heterocycles. The highest BCUT2D eigenvalue weighted by Crippen LogP contribution is 2.41. The number of aryl methyl sites for hydroxylation is 1. The van der Waals surface area contributed by atoms with Crippen molar-refractivity contribution in [3.8, 4) is 0 Å². The average molecular weight is 282 g/mol. The molecular weight excluding hydrogens is 264 g/mol. The van der Waals surface area contributed by atoms with E-state index >= 15 is 0 Å². The Kier molecular flexibility index (Phi) is 3.63. The first-order valence-electron chi connectivity index (χ1n) is 6.46. The normalized spacial score (nSPS) is 27.3. The number of nitrogens with zero attached hydrogens (tertiary/aromatic N) is 1. The molecule has 1 aromatic heterocycles. The molecule has 3 nitrogen and oxygen atoms in total. The van der Waals surface area contributed by atoms with Crippen molar-refractivity contribution in [1.29, 1.82) is 0 Å². The largest absolute Gasteiger partial charge is 0.341 e. The lowest BCUT2D eigenvalue weighted by Crippen LogP contribution is -2.34. The van der Waals surface area contributed by atoms with Crippen molar-refractivity contribution in [2.45, 2.75) is 18.1 Å². The first kappa shape index (κ1) is 12.5. The lowest BCUT2D eigenvalue weighted by Gasteiger charge is -2.26. The maximum Gasteiger partial charge on any atom is 0.240 e. The van der Waals surface area contributed by atoms with Crippen LogP contribution in [0.5, 0.6) is 0 Å². The van der Waals surface area contributed by atoms with Crippen LogP contribution in [0.25, 0.3) is 0 Å². The second kappa shape index (κ2) is 5.23. The van der Waals surface area contributed by atoms with Gasteiger partial charge in [0.2, 0.25) is 5.91 Å². The summed E-state index contributed by atoms with van der Waals surface area (Å²) in [6.45, 7) is 2.44. The molecule has 0 spiro atoms. The summed E-state index contributed by atoms with van der Waals surface area (Å²) in [7, 11) is 0. The second-order valence-electron chi connectivity index (χ2n) is 4.97. The van der Waals surface area contributed by atoms with Gasteiger partial charge in [-0.1, -0.05) is 0 Å². The van der Waals surface area contributed by atoms with Crippen molar-refractivity contribution in [3.05, 3.63) is 21.9 Å². The number of carbonyl (C=O) groups excluding carboxylic acids is 1. The summed E-state index contributed by atoms with van der Waals surface area (Å²) in [4.78, 5) is 16.0. The molecule has 2 aliphatic heterocycles. The van der Waals surface area contributed by atoms with E-state index in [0.717, 1.165) is 31.7 Å². The zero-order valence-corrected chi connectivity index (χ0v) is 11.9. The third-order valence-corrected chi connectivity index (χ3v) is 6.06. The molecule has 18 heavy (non-hydrogen) atoms. The van der Waals surface area contributed by atoms with Crippen LogP contribution in [0.3, 0.4) is 0 Å². The number of hydrogen-bond acceptors (Lipinski definition) is 4. The van der Waals surface area contributed by atoms with Crippen LogP contribution >= 0.6 is 23.1 Å². The van der Waals surface area contributed by atoms with Gasteiger partial charge in [-0.2, -0.15) is 0 Å². The third kappa shape index (κ3) is 2.19. The molecule has 1 amide bonds. The van der Waals surface area contributed by atoms with Crippen molar-refractivity contribution in [3.63, 3.8) is 0 Å². The van der Waals surface area contributed by atoms with Crippen LogP contribution in [0.2, 0.25) is 0 Å². The number of amides is 1. The lowest BCUT2D eigenvalue weighted by molar-refractivity contribution is -0.129. The predicted molar refractivity (Wildman–Crippen MR) is 77.0 cm³/mol. The molecule has 0 saturated carbocycles. The Morgan fingerprint density at radius 1 is 1.56 bits per heavy atom. The summed E-state index contributed by atoms with van der Waals surface area (Å²) >= 11 is 3.59. The zero-order chi connectivity index (χ0) is 12.5. The molecule has 0 aliphatic carbocycles. The lowest BCUT2D eigenvalue weighted by atomic mass is 10.1. The van der Waals surface area contributed by atoms with Crippen LogP contribution in [0.15, 0.2) is 11.4 Å². The van der Waals surface area contributed by atoms with Gasteiger partial charge in [0.1, 0.15) is 5.25 Å². The summed E-state index contributed by atoms with van der Waals surface area (Å²) < 4.78 is 0. The van der Waals surface area contributed by atoms with E-state index in [1.54, 1.807) is 23.1 Å². The summed E-state index contributed by atoms with van der Waals surface area (Å²) in [5.74, 6) is 1.87. The number of rotatable bonds is 2. The fourth-order valence-electron chi connectivity index (χ4n) is 2.74. The standard InChI is InChI=1S/C13H18N2OS2/c14-7-9-1-4-15(8-9)13(16)12-10-2-5-17-11(10)3-6-18-12/h2,5,9,12H,1,3-4,6-8,14H2. The van der Waals surface area contributed by atoms with Gasteiger partial charge in [-0.15, -0.1) is 23.1 Å². The first-order chi connectivity index (χ1) is 8.79. The predicted octanol–water partition coefficient (Wildman–Crippen LogP) is 1.89. The van der Waals surface area contributed by atoms with E-state index < -0.39 is 0 Å². The van der Waals surface area contributed by atoms with E-state index in [2.05, 4.69) is 11.4 Å². The van der Waals surface area contributed by atoms with Crippen LogP contribution in [0, 0.1) is 5.92 Å². The fourth-order valence-corrected chi connectivity index (χ4v) is 5.12. The van der Waals surface area contributed by atoms with Gasteiger partial charge in [-0.3, -0.25) is 4.79 Å². The molecule has 2 aliphatic rings. The maximum absolute atomic E-state index is 12.6. The fraction of sp³-hybridized carbons (Fsp3) is 0.615. The van der Waals surface area contributed by atoms with Gasteiger partial charge in [0.15, 0.2) is 0 Å². The molecule has 3 heterocycles. The van der Waals surface area contributed by atoms with E-state index in [4.69, 9.17) is 5.73 Å². The van der Waals surface area contributed by atoms with Crippen molar-refractivity contribution < 1.29 is 4.79 Å². The van der Waals surface area contributed by atoms with Gasteiger partial charge in [0.25, 0.3) is 0 Å². The summed E-state index contributed by atoms with van der Waals surface area (Å²) in [5.41, 5.74) is 6.95. The number of nitrogens with two attached hydrogens (primary N) is 1. The average Bonchev–Trinajstić information content (AvgIpc) is 3.05. The van der Waals surface area contributed by atoms with Crippen LogP contribution in [0.4, 0.5) is 0 Å². The minimum Gasteiger partial charge on any atom is -0.341 e. The number of fused-ring (bicyclic) bond motifs is 1. The number of carbonyl (C=O) groups is 1. The number of thioether (sulfide) groups is 1. The molecule has 98 valence electrons. The molecule has 0 radical (unpaired) electrons. The van der Waals surface area contributed by atoms with E-state index in [9.17, 15) is 4.79 Å². The molecule has 1 fully saturated rings. The van der Waals surface area contributed by atoms with Gasteiger partial charge < -0.3 is 10.6 Å². The highest BCUT2D eigenvalue weighted by molar-refractivity contribution is 8.00. The van der Waals surface area contributed by atoms with Gasteiger partial charge in [-0.25, -0.2) is 0 Å². The Morgan fingerprint density at radius 2 is 2.44 bits per heavy atom. The molecule has 2 N–H and O–H groups in total. The van der Waals surface area contributed by atoms with Gasteiger partial charge in [0, 0.05) is 18.0 Å². The minimum atomic E-state index is 0.0384. The molecule has 0 aromatic carbocycles. The third-order valence-electron chi connectivity index (χ3n) is 3.83. The van der Waals surface area contributed by atoms with E-state index in [0.29, 0.717) is 18.4 Å². The summed E-state index contributed by atoms with van der Waals surface area (Å²) in [6.07, 6.45) is 2.18.